The summed E-state index contributed by atoms with van der Waals surface area (Å²) in [6, 6.07) is 5.21. The van der Waals surface area contributed by atoms with Gasteiger partial charge in [0.05, 0.1) is 10.7 Å². The minimum absolute atomic E-state index is 0.152. The van der Waals surface area contributed by atoms with Crippen LogP contribution in [0.1, 0.15) is 12.8 Å². The fourth-order valence-corrected chi connectivity index (χ4v) is 3.36. The van der Waals surface area contributed by atoms with E-state index in [4.69, 9.17) is 11.6 Å². The minimum atomic E-state index is -0.545. The van der Waals surface area contributed by atoms with E-state index in [1.165, 1.54) is 11.1 Å². The number of fused-ring (bicyclic) bond motifs is 1. The molecule has 136 valence electrons. The second-order valence-corrected chi connectivity index (χ2v) is 7.02. The number of carbonyl (C=O) groups excluding carboxylic acids is 2. The summed E-state index contributed by atoms with van der Waals surface area (Å²) in [6.07, 6.45) is 3.35. The summed E-state index contributed by atoms with van der Waals surface area (Å²) in [7, 11) is 0. The van der Waals surface area contributed by atoms with Gasteiger partial charge in [0.25, 0.3) is 0 Å². The third kappa shape index (κ3) is 3.19. The lowest BCUT2D eigenvalue weighted by atomic mass is 10.1. The van der Waals surface area contributed by atoms with Gasteiger partial charge in [0.15, 0.2) is 5.82 Å². The number of piperazine rings is 1. The Kier molecular flexibility index (Phi) is 4.40. The van der Waals surface area contributed by atoms with Crippen LogP contribution in [-0.4, -0.2) is 53.9 Å². The second kappa shape index (κ2) is 6.72. The number of amides is 2. The summed E-state index contributed by atoms with van der Waals surface area (Å²) in [5, 5.41) is 3.73. The van der Waals surface area contributed by atoms with Crippen LogP contribution in [0.25, 0.3) is 10.9 Å². The van der Waals surface area contributed by atoms with E-state index in [9.17, 15) is 14.0 Å². The van der Waals surface area contributed by atoms with Crippen molar-refractivity contribution < 1.29 is 14.0 Å². The number of benzene rings is 1. The molecule has 2 aromatic rings. The van der Waals surface area contributed by atoms with Gasteiger partial charge in [-0.2, -0.15) is 0 Å². The van der Waals surface area contributed by atoms with Crippen LogP contribution in [-0.2, 0) is 9.59 Å². The minimum Gasteiger partial charge on any atom is -0.366 e. The molecule has 1 aromatic carbocycles. The number of anilines is 1. The van der Waals surface area contributed by atoms with E-state index >= 15 is 0 Å². The SMILES string of the molecule is O=C(NC1CC1)C(=O)N1CCN(c2ccc3c(Cl)ccnc3c2F)CC1. The van der Waals surface area contributed by atoms with Crippen LogP contribution in [0, 0.1) is 5.82 Å². The molecular weight excluding hydrogens is 359 g/mol. The van der Waals surface area contributed by atoms with E-state index in [1.807, 2.05) is 4.90 Å². The molecule has 2 heterocycles. The molecule has 1 aliphatic carbocycles. The maximum atomic E-state index is 14.9. The highest BCUT2D eigenvalue weighted by Crippen LogP contribution is 2.30. The van der Waals surface area contributed by atoms with Crippen molar-refractivity contribution in [2.24, 2.45) is 0 Å². The molecule has 2 aliphatic rings. The molecule has 6 nitrogen and oxygen atoms in total. The molecule has 1 aromatic heterocycles. The van der Waals surface area contributed by atoms with Gasteiger partial charge in [0.1, 0.15) is 5.52 Å². The molecule has 0 spiro atoms. The van der Waals surface area contributed by atoms with Gasteiger partial charge < -0.3 is 15.1 Å². The number of hydrogen-bond donors (Lipinski definition) is 1. The third-order valence-electron chi connectivity index (χ3n) is 4.79. The Balaban J connectivity index is 1.46. The van der Waals surface area contributed by atoms with Crippen molar-refractivity contribution >= 4 is 40.0 Å². The van der Waals surface area contributed by atoms with Gasteiger partial charge in [-0.3, -0.25) is 14.6 Å². The number of rotatable bonds is 2. The molecule has 0 atom stereocenters. The van der Waals surface area contributed by atoms with Crippen LogP contribution < -0.4 is 10.2 Å². The van der Waals surface area contributed by atoms with Crippen molar-refractivity contribution in [1.29, 1.82) is 0 Å². The Bertz CT molecular complexity index is 879. The van der Waals surface area contributed by atoms with Crippen LogP contribution in [0.3, 0.4) is 0 Å². The van der Waals surface area contributed by atoms with Gasteiger partial charge in [-0.1, -0.05) is 11.6 Å². The summed E-state index contributed by atoms with van der Waals surface area (Å²) in [5.74, 6) is -1.48. The highest BCUT2D eigenvalue weighted by molar-refractivity contribution is 6.35. The van der Waals surface area contributed by atoms with Crippen molar-refractivity contribution in [2.45, 2.75) is 18.9 Å². The molecule has 26 heavy (non-hydrogen) atoms. The molecule has 0 radical (unpaired) electrons. The monoisotopic (exact) mass is 376 g/mol. The number of halogens is 2. The normalized spacial score (nSPS) is 17.5. The summed E-state index contributed by atoms with van der Waals surface area (Å²) < 4.78 is 14.9. The second-order valence-electron chi connectivity index (χ2n) is 6.61. The summed E-state index contributed by atoms with van der Waals surface area (Å²) >= 11 is 6.09. The lowest BCUT2D eigenvalue weighted by Gasteiger charge is -2.36. The largest absolute Gasteiger partial charge is 0.366 e. The first kappa shape index (κ1) is 17.0. The van der Waals surface area contributed by atoms with Gasteiger partial charge in [-0.05, 0) is 31.0 Å². The maximum Gasteiger partial charge on any atom is 0.312 e. The first-order chi connectivity index (χ1) is 12.5. The summed E-state index contributed by atoms with van der Waals surface area (Å²) in [6.45, 7) is 1.64. The number of nitrogens with one attached hydrogen (secondary N) is 1. The molecule has 1 N–H and O–H groups in total. The molecule has 0 bridgehead atoms. The van der Waals surface area contributed by atoms with Crippen LogP contribution >= 0.6 is 11.6 Å². The van der Waals surface area contributed by atoms with Crippen LogP contribution in [0.15, 0.2) is 24.4 Å². The standard InChI is InChI=1S/C18H18ClFN4O2/c19-13-5-6-21-16-12(13)3-4-14(15(16)20)23-7-9-24(10-8-23)18(26)17(25)22-11-1-2-11/h3-6,11H,1-2,7-10H2,(H,22,25). The molecule has 2 fully saturated rings. The van der Waals surface area contributed by atoms with Crippen molar-refractivity contribution in [1.82, 2.24) is 15.2 Å². The van der Waals surface area contributed by atoms with Crippen molar-refractivity contribution in [3.05, 3.63) is 35.2 Å². The first-order valence-corrected chi connectivity index (χ1v) is 9.00. The number of pyridine rings is 1. The van der Waals surface area contributed by atoms with E-state index in [-0.39, 0.29) is 11.6 Å². The topological polar surface area (TPSA) is 65.5 Å². The summed E-state index contributed by atoms with van der Waals surface area (Å²) in [5.41, 5.74) is 0.666. The number of carbonyl (C=O) groups is 2. The Morgan fingerprint density at radius 1 is 1.15 bits per heavy atom. The molecule has 0 unspecified atom stereocenters. The van der Waals surface area contributed by atoms with E-state index < -0.39 is 17.6 Å². The quantitative estimate of drug-likeness (QED) is 0.814. The average molecular weight is 377 g/mol. The van der Waals surface area contributed by atoms with E-state index in [1.54, 1.807) is 18.2 Å². The van der Waals surface area contributed by atoms with Crippen LogP contribution in [0.5, 0.6) is 0 Å². The Hall–Kier alpha value is -2.41. The zero-order valence-electron chi connectivity index (χ0n) is 14.0. The highest BCUT2D eigenvalue weighted by atomic mass is 35.5. The molecular formula is C18H18ClFN4O2. The zero-order chi connectivity index (χ0) is 18.3. The Morgan fingerprint density at radius 2 is 1.88 bits per heavy atom. The van der Waals surface area contributed by atoms with Gasteiger partial charge >= 0.3 is 11.8 Å². The van der Waals surface area contributed by atoms with Crippen molar-refractivity contribution in [2.75, 3.05) is 31.1 Å². The predicted octanol–water partition coefficient (Wildman–Crippen LogP) is 1.95. The smallest absolute Gasteiger partial charge is 0.312 e. The first-order valence-electron chi connectivity index (χ1n) is 8.62. The van der Waals surface area contributed by atoms with Gasteiger partial charge in [-0.25, -0.2) is 4.39 Å². The molecule has 1 saturated heterocycles. The lowest BCUT2D eigenvalue weighted by molar-refractivity contribution is -0.146. The fourth-order valence-electron chi connectivity index (χ4n) is 3.15. The molecule has 8 heteroatoms. The number of nitrogens with zero attached hydrogens (tertiary/aromatic N) is 3. The van der Waals surface area contributed by atoms with Crippen molar-refractivity contribution in [3.8, 4) is 0 Å². The number of hydrogen-bond acceptors (Lipinski definition) is 4. The third-order valence-corrected chi connectivity index (χ3v) is 5.12. The molecule has 2 amide bonds. The van der Waals surface area contributed by atoms with Crippen LogP contribution in [0.2, 0.25) is 5.02 Å². The van der Waals surface area contributed by atoms with E-state index in [0.29, 0.717) is 42.3 Å². The lowest BCUT2D eigenvalue weighted by Crippen LogP contribution is -2.53. The van der Waals surface area contributed by atoms with Gasteiger partial charge in [0.2, 0.25) is 0 Å². The Labute approximate surface area is 154 Å². The summed E-state index contributed by atoms with van der Waals surface area (Å²) in [4.78, 5) is 31.5. The maximum absolute atomic E-state index is 14.9. The van der Waals surface area contributed by atoms with E-state index in [0.717, 1.165) is 12.8 Å². The molecule has 1 aliphatic heterocycles. The van der Waals surface area contributed by atoms with Crippen LogP contribution in [0.4, 0.5) is 10.1 Å². The zero-order valence-corrected chi connectivity index (χ0v) is 14.8. The Morgan fingerprint density at radius 3 is 2.58 bits per heavy atom. The number of aromatic nitrogens is 1. The molecule has 1 saturated carbocycles. The van der Waals surface area contributed by atoms with Crippen molar-refractivity contribution in [3.63, 3.8) is 0 Å². The average Bonchev–Trinajstić information content (AvgIpc) is 3.46. The predicted molar refractivity (Wildman–Crippen MR) is 96.7 cm³/mol. The molecule has 4 rings (SSSR count). The fraction of sp³-hybridized carbons (Fsp3) is 0.389. The highest BCUT2D eigenvalue weighted by Gasteiger charge is 2.31. The van der Waals surface area contributed by atoms with Gasteiger partial charge in [-0.15, -0.1) is 0 Å². The van der Waals surface area contributed by atoms with Gasteiger partial charge in [0, 0.05) is 43.8 Å². The van der Waals surface area contributed by atoms with E-state index in [2.05, 4.69) is 10.3 Å².